The highest BCUT2D eigenvalue weighted by atomic mass is 35.5. The lowest BCUT2D eigenvalue weighted by Crippen LogP contribution is -2.10. The van der Waals surface area contributed by atoms with Gasteiger partial charge in [-0.1, -0.05) is 11.6 Å². The van der Waals surface area contributed by atoms with E-state index in [2.05, 4.69) is 4.18 Å². The summed E-state index contributed by atoms with van der Waals surface area (Å²) in [6, 6.07) is 3.89. The third kappa shape index (κ3) is 2.69. The zero-order chi connectivity index (χ0) is 10.7. The van der Waals surface area contributed by atoms with Crippen molar-refractivity contribution in [1.29, 1.82) is 0 Å². The van der Waals surface area contributed by atoms with E-state index in [1.165, 1.54) is 18.2 Å². The molecule has 0 saturated heterocycles. The predicted molar refractivity (Wildman–Crippen MR) is 51.4 cm³/mol. The van der Waals surface area contributed by atoms with Crippen molar-refractivity contribution in [2.45, 2.75) is 0 Å². The van der Waals surface area contributed by atoms with Gasteiger partial charge >= 0.3 is 11.4 Å². The second-order valence-electron chi connectivity index (χ2n) is 2.31. The van der Waals surface area contributed by atoms with E-state index in [0.29, 0.717) is 0 Å². The summed E-state index contributed by atoms with van der Waals surface area (Å²) in [6.07, 6.45) is 0. The monoisotopic (exact) mass is 235 g/mol. The summed E-state index contributed by atoms with van der Waals surface area (Å²) in [4.78, 5) is 10.7. The fourth-order valence-electron chi connectivity index (χ4n) is 0.798. The summed E-state index contributed by atoms with van der Waals surface area (Å²) < 4.78 is 23.1. The number of carbonyl (C=O) groups is 1. The zero-order valence-corrected chi connectivity index (χ0v) is 8.34. The molecular formula is C7H6ClNO4S. The molecule has 1 rings (SSSR count). The van der Waals surface area contributed by atoms with Crippen LogP contribution in [-0.2, 0) is 11.4 Å². The predicted octanol–water partition coefficient (Wildman–Crippen LogP) is 0.954. The molecule has 0 aliphatic carbocycles. The summed E-state index contributed by atoms with van der Waals surface area (Å²) >= 11 is 3.19. The Balaban J connectivity index is 3.01. The quantitative estimate of drug-likeness (QED) is 0.764. The maximum Gasteiger partial charge on any atom is 0.357 e. The molecule has 0 saturated carbocycles. The Morgan fingerprint density at radius 2 is 2.21 bits per heavy atom. The van der Waals surface area contributed by atoms with Crippen LogP contribution in [0.5, 0.6) is 5.75 Å². The number of benzene rings is 1. The van der Waals surface area contributed by atoms with E-state index in [1.54, 1.807) is 0 Å². The molecule has 5 nitrogen and oxygen atoms in total. The van der Waals surface area contributed by atoms with Gasteiger partial charge in [0.2, 0.25) is 5.91 Å². The molecule has 0 spiro atoms. The molecule has 3 N–H and O–H groups in total. The Labute approximate surface area is 87.3 Å². The van der Waals surface area contributed by atoms with Crippen LogP contribution in [0.1, 0.15) is 10.4 Å². The van der Waals surface area contributed by atoms with Crippen LogP contribution in [0.25, 0.3) is 0 Å². The Bertz CT molecular complexity index is 395. The Hall–Kier alpha value is -1.11. The normalized spacial score (nSPS) is 12.1. The van der Waals surface area contributed by atoms with E-state index >= 15 is 0 Å². The third-order valence-electron chi connectivity index (χ3n) is 1.38. The van der Waals surface area contributed by atoms with Gasteiger partial charge in [-0.25, -0.2) is 0 Å². The molecule has 0 aliphatic rings. The Kier molecular flexibility index (Phi) is 3.45. The van der Waals surface area contributed by atoms with Crippen LogP contribution < -0.4 is 9.92 Å². The molecule has 0 aliphatic heterocycles. The molecule has 1 atom stereocenters. The van der Waals surface area contributed by atoms with Gasteiger partial charge in [0, 0.05) is 5.56 Å². The number of nitrogens with two attached hydrogens (primary N) is 1. The standard InChI is InChI=1S/C7H6ClNO4S/c8-5-3-4(7(9)10)1-2-6(5)13-14(11)12/h1-3H,(H2,9,10)(H,11,12). The van der Waals surface area contributed by atoms with Crippen molar-refractivity contribution in [3.63, 3.8) is 0 Å². The van der Waals surface area contributed by atoms with Gasteiger partial charge in [0.25, 0.3) is 0 Å². The van der Waals surface area contributed by atoms with Crippen molar-refractivity contribution in [2.24, 2.45) is 5.73 Å². The van der Waals surface area contributed by atoms with Crippen LogP contribution >= 0.6 is 11.6 Å². The van der Waals surface area contributed by atoms with Crippen molar-refractivity contribution in [3.8, 4) is 5.75 Å². The molecule has 1 aromatic carbocycles. The smallest absolute Gasteiger partial charge is 0.357 e. The molecule has 14 heavy (non-hydrogen) atoms. The highest BCUT2D eigenvalue weighted by molar-refractivity contribution is 7.74. The van der Waals surface area contributed by atoms with E-state index in [4.69, 9.17) is 21.9 Å². The first-order valence-corrected chi connectivity index (χ1v) is 4.80. The molecule has 0 radical (unpaired) electrons. The lowest BCUT2D eigenvalue weighted by molar-refractivity contribution is 0.100. The van der Waals surface area contributed by atoms with Crippen molar-refractivity contribution in [2.75, 3.05) is 0 Å². The van der Waals surface area contributed by atoms with E-state index in [9.17, 15) is 9.00 Å². The van der Waals surface area contributed by atoms with Crippen LogP contribution in [0, 0.1) is 0 Å². The van der Waals surface area contributed by atoms with Gasteiger partial charge in [0.1, 0.15) is 0 Å². The second-order valence-corrected chi connectivity index (χ2v) is 3.32. The van der Waals surface area contributed by atoms with Crippen molar-refractivity contribution < 1.29 is 17.7 Å². The number of carbonyl (C=O) groups excluding carboxylic acids is 1. The first kappa shape index (κ1) is 11.0. The van der Waals surface area contributed by atoms with Gasteiger partial charge in [0.15, 0.2) is 5.75 Å². The van der Waals surface area contributed by atoms with Crippen LogP contribution in [0.2, 0.25) is 5.02 Å². The number of amides is 1. The average molecular weight is 236 g/mol. The second kappa shape index (κ2) is 4.41. The molecule has 76 valence electrons. The number of hydrogen-bond acceptors (Lipinski definition) is 3. The van der Waals surface area contributed by atoms with Gasteiger partial charge in [-0.15, -0.1) is 0 Å². The minimum Gasteiger partial charge on any atom is -0.379 e. The molecular weight excluding hydrogens is 230 g/mol. The lowest BCUT2D eigenvalue weighted by Gasteiger charge is -2.03. The fourth-order valence-corrected chi connectivity index (χ4v) is 1.36. The minimum atomic E-state index is -2.44. The number of halogens is 1. The van der Waals surface area contributed by atoms with Crippen LogP contribution in [0.4, 0.5) is 0 Å². The molecule has 0 heterocycles. The largest absolute Gasteiger partial charge is 0.379 e. The Morgan fingerprint density at radius 3 is 2.64 bits per heavy atom. The highest BCUT2D eigenvalue weighted by Crippen LogP contribution is 2.25. The van der Waals surface area contributed by atoms with Crippen molar-refractivity contribution in [1.82, 2.24) is 0 Å². The molecule has 0 aromatic heterocycles. The molecule has 7 heteroatoms. The number of hydrogen-bond donors (Lipinski definition) is 2. The number of rotatable bonds is 3. The van der Waals surface area contributed by atoms with Crippen LogP contribution in [0.3, 0.4) is 0 Å². The van der Waals surface area contributed by atoms with Crippen molar-refractivity contribution >= 4 is 28.9 Å². The van der Waals surface area contributed by atoms with E-state index in [-0.39, 0.29) is 16.3 Å². The SMILES string of the molecule is NC(=O)c1ccc(OS(=O)O)c(Cl)c1. The third-order valence-corrected chi connectivity index (χ3v) is 1.99. The van der Waals surface area contributed by atoms with Crippen LogP contribution in [0.15, 0.2) is 18.2 Å². The van der Waals surface area contributed by atoms with Gasteiger partial charge in [-0.3, -0.25) is 9.35 Å². The average Bonchev–Trinajstić information content (AvgIpc) is 2.07. The van der Waals surface area contributed by atoms with Gasteiger partial charge in [-0.05, 0) is 18.2 Å². The summed E-state index contributed by atoms with van der Waals surface area (Å²) in [5.41, 5.74) is 5.19. The summed E-state index contributed by atoms with van der Waals surface area (Å²) in [7, 11) is 0. The Morgan fingerprint density at radius 1 is 1.57 bits per heavy atom. The van der Waals surface area contributed by atoms with E-state index in [1.807, 2.05) is 0 Å². The molecule has 1 amide bonds. The molecule has 0 fully saturated rings. The zero-order valence-electron chi connectivity index (χ0n) is 6.77. The first-order valence-electron chi connectivity index (χ1n) is 3.39. The fraction of sp³-hybridized carbons (Fsp3) is 0. The van der Waals surface area contributed by atoms with E-state index in [0.717, 1.165) is 0 Å². The molecule has 1 unspecified atom stereocenters. The van der Waals surface area contributed by atoms with Gasteiger partial charge in [-0.2, -0.15) is 4.21 Å². The summed E-state index contributed by atoms with van der Waals surface area (Å²) in [6.45, 7) is 0. The maximum atomic E-state index is 10.7. The minimum absolute atomic E-state index is 0.0116. The number of primary amides is 1. The maximum absolute atomic E-state index is 10.7. The summed E-state index contributed by atoms with van der Waals surface area (Å²) in [5, 5.41) is 0.0451. The summed E-state index contributed by atoms with van der Waals surface area (Å²) in [5.74, 6) is -0.624. The van der Waals surface area contributed by atoms with Crippen LogP contribution in [-0.4, -0.2) is 14.7 Å². The van der Waals surface area contributed by atoms with E-state index < -0.39 is 17.3 Å². The lowest BCUT2D eigenvalue weighted by atomic mass is 10.2. The molecule has 1 aromatic rings. The topological polar surface area (TPSA) is 89.6 Å². The van der Waals surface area contributed by atoms with Crippen molar-refractivity contribution in [3.05, 3.63) is 28.8 Å². The van der Waals surface area contributed by atoms with Gasteiger partial charge in [0.05, 0.1) is 5.02 Å². The highest BCUT2D eigenvalue weighted by Gasteiger charge is 2.08. The first-order chi connectivity index (χ1) is 6.50. The van der Waals surface area contributed by atoms with Gasteiger partial charge < -0.3 is 9.92 Å². The molecule has 0 bridgehead atoms.